The average Bonchev–Trinajstić information content (AvgIpc) is 1.96. The molecule has 0 bridgehead atoms. The summed E-state index contributed by atoms with van der Waals surface area (Å²) in [6, 6.07) is 0.781. The molecule has 0 radical (unpaired) electrons. The van der Waals surface area contributed by atoms with Crippen LogP contribution in [0.25, 0.3) is 0 Å². The maximum absolute atomic E-state index is 11.9. The van der Waals surface area contributed by atoms with Crippen molar-refractivity contribution in [2.24, 2.45) is 0 Å². The Morgan fingerprint density at radius 3 is 2.58 bits per heavy atom. The molecule has 1 heterocycles. The van der Waals surface area contributed by atoms with Crippen LogP contribution in [-0.2, 0) is 0 Å². The molecular formula is C5H2Cl2F2N2O. The van der Waals surface area contributed by atoms with Gasteiger partial charge >= 0.3 is 6.55 Å². The highest BCUT2D eigenvalue weighted by atomic mass is 35.5. The highest BCUT2D eigenvalue weighted by Gasteiger charge is 2.11. The summed E-state index contributed by atoms with van der Waals surface area (Å²) in [6.07, 6.45) is 0. The summed E-state index contributed by atoms with van der Waals surface area (Å²) in [5, 5.41) is 2.60. The molecule has 0 aliphatic heterocycles. The number of aromatic nitrogens is 2. The van der Waals surface area contributed by atoms with E-state index in [4.69, 9.17) is 23.2 Å². The maximum Gasteiger partial charge on any atom is 0.336 e. The Morgan fingerprint density at radius 2 is 2.08 bits per heavy atom. The fraction of sp³-hybridized carbons (Fsp3) is 0.200. The third-order valence-corrected chi connectivity index (χ3v) is 1.72. The minimum atomic E-state index is -3.01. The van der Waals surface area contributed by atoms with Crippen LogP contribution in [0.15, 0.2) is 10.9 Å². The van der Waals surface area contributed by atoms with Gasteiger partial charge in [0, 0.05) is 6.07 Å². The van der Waals surface area contributed by atoms with E-state index in [2.05, 4.69) is 5.10 Å². The van der Waals surface area contributed by atoms with Crippen LogP contribution in [-0.4, -0.2) is 9.78 Å². The molecule has 0 aliphatic carbocycles. The average molecular weight is 215 g/mol. The van der Waals surface area contributed by atoms with Gasteiger partial charge in [-0.05, 0) is 0 Å². The molecule has 0 saturated carbocycles. The molecule has 3 nitrogen and oxygen atoms in total. The standard InChI is InChI=1S/C5H2Cl2F2N2O/c6-2-1-3(12)11(5(8)9)10-4(2)7/h1,5H. The molecule has 66 valence electrons. The molecule has 12 heavy (non-hydrogen) atoms. The molecule has 0 unspecified atom stereocenters. The number of hydrogen-bond acceptors (Lipinski definition) is 2. The molecule has 7 heteroatoms. The number of halogens is 4. The highest BCUT2D eigenvalue weighted by Crippen LogP contribution is 2.16. The van der Waals surface area contributed by atoms with E-state index in [9.17, 15) is 13.6 Å². The molecule has 1 aromatic rings. The molecule has 0 amide bonds. The number of rotatable bonds is 1. The second-order valence-corrected chi connectivity index (χ2v) is 2.61. The first-order valence-electron chi connectivity index (χ1n) is 2.75. The molecule has 1 aromatic heterocycles. The molecule has 0 N–H and O–H groups in total. The summed E-state index contributed by atoms with van der Waals surface area (Å²) in [4.78, 5) is 10.7. The third kappa shape index (κ3) is 1.73. The molecule has 0 spiro atoms. The van der Waals surface area contributed by atoms with Gasteiger partial charge in [-0.15, -0.1) is 0 Å². The summed E-state index contributed by atoms with van der Waals surface area (Å²) in [5.74, 6) is 0. The van der Waals surface area contributed by atoms with Crippen molar-refractivity contribution in [2.75, 3.05) is 0 Å². The Kier molecular flexibility index (Phi) is 2.64. The van der Waals surface area contributed by atoms with Gasteiger partial charge in [-0.3, -0.25) is 4.79 Å². The van der Waals surface area contributed by atoms with Crippen LogP contribution < -0.4 is 5.56 Å². The van der Waals surface area contributed by atoms with E-state index in [0.29, 0.717) is 0 Å². The maximum atomic E-state index is 11.9. The zero-order valence-corrected chi connectivity index (χ0v) is 6.98. The molecule has 0 atom stereocenters. The van der Waals surface area contributed by atoms with Crippen molar-refractivity contribution >= 4 is 23.2 Å². The largest absolute Gasteiger partial charge is 0.336 e. The van der Waals surface area contributed by atoms with Crippen LogP contribution in [0.3, 0.4) is 0 Å². The van der Waals surface area contributed by atoms with E-state index < -0.39 is 12.1 Å². The topological polar surface area (TPSA) is 34.9 Å². The zero-order valence-electron chi connectivity index (χ0n) is 5.47. The van der Waals surface area contributed by atoms with Gasteiger partial charge in [0.15, 0.2) is 5.15 Å². The number of nitrogens with zero attached hydrogens (tertiary/aromatic N) is 2. The van der Waals surface area contributed by atoms with Crippen LogP contribution >= 0.6 is 23.2 Å². The zero-order chi connectivity index (χ0) is 9.30. The van der Waals surface area contributed by atoms with Crippen LogP contribution in [0, 0.1) is 0 Å². The van der Waals surface area contributed by atoms with E-state index in [1.807, 2.05) is 0 Å². The van der Waals surface area contributed by atoms with Crippen molar-refractivity contribution in [1.82, 2.24) is 9.78 Å². The minimum absolute atomic E-state index is 0.0474. The van der Waals surface area contributed by atoms with Gasteiger partial charge < -0.3 is 0 Å². The fourth-order valence-electron chi connectivity index (χ4n) is 0.566. The molecule has 0 aliphatic rings. The van der Waals surface area contributed by atoms with Gasteiger partial charge in [0.2, 0.25) is 0 Å². The summed E-state index contributed by atoms with van der Waals surface area (Å²) in [5.41, 5.74) is -0.987. The lowest BCUT2D eigenvalue weighted by Gasteiger charge is -2.02. The third-order valence-electron chi connectivity index (χ3n) is 1.05. The normalized spacial score (nSPS) is 10.8. The second kappa shape index (κ2) is 3.37. The first kappa shape index (κ1) is 9.41. The van der Waals surface area contributed by atoms with Gasteiger partial charge in [-0.1, -0.05) is 23.2 Å². The van der Waals surface area contributed by atoms with Crippen LogP contribution in [0.5, 0.6) is 0 Å². The van der Waals surface area contributed by atoms with E-state index in [-0.39, 0.29) is 14.9 Å². The SMILES string of the molecule is O=c1cc(Cl)c(Cl)nn1C(F)F. The van der Waals surface area contributed by atoms with Crippen molar-refractivity contribution in [3.63, 3.8) is 0 Å². The Morgan fingerprint density at radius 1 is 1.50 bits per heavy atom. The lowest BCUT2D eigenvalue weighted by atomic mass is 10.6. The molecular weight excluding hydrogens is 213 g/mol. The molecule has 0 aromatic carbocycles. The van der Waals surface area contributed by atoms with Gasteiger partial charge in [0.05, 0.1) is 5.02 Å². The van der Waals surface area contributed by atoms with E-state index in [1.54, 1.807) is 0 Å². The predicted molar refractivity (Wildman–Crippen MR) is 39.8 cm³/mol. The van der Waals surface area contributed by atoms with Gasteiger partial charge in [-0.25, -0.2) is 0 Å². The predicted octanol–water partition coefficient (Wildman–Crippen LogP) is 1.95. The quantitative estimate of drug-likeness (QED) is 0.717. The Hall–Kier alpha value is -0.680. The monoisotopic (exact) mass is 214 g/mol. The summed E-state index contributed by atoms with van der Waals surface area (Å²) >= 11 is 10.6. The van der Waals surface area contributed by atoms with E-state index >= 15 is 0 Å². The van der Waals surface area contributed by atoms with Gasteiger partial charge in [-0.2, -0.15) is 18.6 Å². The van der Waals surface area contributed by atoms with E-state index in [1.165, 1.54) is 0 Å². The van der Waals surface area contributed by atoms with Crippen LogP contribution in [0.2, 0.25) is 10.2 Å². The van der Waals surface area contributed by atoms with Crippen molar-refractivity contribution in [2.45, 2.75) is 6.55 Å². The van der Waals surface area contributed by atoms with E-state index in [0.717, 1.165) is 6.07 Å². The Balaban J connectivity index is 3.33. The minimum Gasteiger partial charge on any atom is -0.268 e. The second-order valence-electron chi connectivity index (χ2n) is 1.84. The smallest absolute Gasteiger partial charge is 0.268 e. The van der Waals surface area contributed by atoms with Crippen LogP contribution in [0.4, 0.5) is 8.78 Å². The van der Waals surface area contributed by atoms with Gasteiger partial charge in [0.25, 0.3) is 5.56 Å². The van der Waals surface area contributed by atoms with Gasteiger partial charge in [0.1, 0.15) is 0 Å². The van der Waals surface area contributed by atoms with Crippen LogP contribution in [0.1, 0.15) is 6.55 Å². The fourth-order valence-corrected chi connectivity index (χ4v) is 0.833. The van der Waals surface area contributed by atoms with Crippen molar-refractivity contribution < 1.29 is 8.78 Å². The van der Waals surface area contributed by atoms with Crippen molar-refractivity contribution in [1.29, 1.82) is 0 Å². The first-order valence-corrected chi connectivity index (χ1v) is 3.51. The van der Waals surface area contributed by atoms with Crippen molar-refractivity contribution in [3.8, 4) is 0 Å². The molecule has 0 saturated heterocycles. The number of alkyl halides is 2. The highest BCUT2D eigenvalue weighted by molar-refractivity contribution is 6.41. The lowest BCUT2D eigenvalue weighted by molar-refractivity contribution is 0.0512. The summed E-state index contributed by atoms with van der Waals surface area (Å²) in [6.45, 7) is -3.01. The lowest BCUT2D eigenvalue weighted by Crippen LogP contribution is -2.22. The Bertz CT molecular complexity index is 352. The first-order chi connectivity index (χ1) is 5.52. The number of hydrogen-bond donors (Lipinski definition) is 0. The summed E-state index contributed by atoms with van der Waals surface area (Å²) in [7, 11) is 0. The van der Waals surface area contributed by atoms with Crippen molar-refractivity contribution in [3.05, 3.63) is 26.6 Å². The Labute approximate surface area is 75.5 Å². The molecule has 1 rings (SSSR count). The summed E-state index contributed by atoms with van der Waals surface area (Å²) < 4.78 is 23.8. The molecule has 0 fully saturated rings.